The lowest BCUT2D eigenvalue weighted by molar-refractivity contribution is -0.152. The normalized spacial score (nSPS) is 17.0. The van der Waals surface area contributed by atoms with Crippen LogP contribution in [0.5, 0.6) is 0 Å². The Morgan fingerprint density at radius 3 is 2.19 bits per heavy atom. The minimum atomic E-state index is -0.882. The zero-order chi connectivity index (χ0) is 12.3. The lowest BCUT2D eigenvalue weighted by atomic mass is 9.91. The highest BCUT2D eigenvalue weighted by Gasteiger charge is 2.39. The Hall–Kier alpha value is -1.19. The molecule has 0 spiro atoms. The van der Waals surface area contributed by atoms with Gasteiger partial charge < -0.3 is 4.74 Å². The van der Waals surface area contributed by atoms with Gasteiger partial charge in [0.2, 0.25) is 0 Å². The first-order valence-corrected chi connectivity index (χ1v) is 5.61. The number of Topliss-reactive ketones (excluding diaryl/α,β-unsaturated/α-hetero) is 2. The lowest BCUT2D eigenvalue weighted by Crippen LogP contribution is -2.30. The molecule has 0 aromatic heterocycles. The molecule has 1 atom stereocenters. The molecule has 1 fully saturated rings. The summed E-state index contributed by atoms with van der Waals surface area (Å²) in [5, 5.41) is 0. The zero-order valence-corrected chi connectivity index (χ0v) is 9.99. The highest BCUT2D eigenvalue weighted by Crippen LogP contribution is 2.33. The number of rotatable bonds is 6. The topological polar surface area (TPSA) is 60.4 Å². The fourth-order valence-corrected chi connectivity index (χ4v) is 1.53. The Balaban J connectivity index is 2.67. The summed E-state index contributed by atoms with van der Waals surface area (Å²) in [6.07, 6.45) is 1.66. The Kier molecular flexibility index (Phi) is 4.21. The summed E-state index contributed by atoms with van der Waals surface area (Å²) in [6, 6.07) is 0. The van der Waals surface area contributed by atoms with Gasteiger partial charge in [-0.15, -0.1) is 0 Å². The van der Waals surface area contributed by atoms with Crippen LogP contribution in [0.4, 0.5) is 0 Å². The van der Waals surface area contributed by atoms with Crippen LogP contribution in [0.3, 0.4) is 0 Å². The second-order valence-electron chi connectivity index (χ2n) is 4.58. The minimum Gasteiger partial charge on any atom is -0.468 e. The van der Waals surface area contributed by atoms with E-state index in [1.165, 1.54) is 7.11 Å². The maximum Gasteiger partial charge on any atom is 0.316 e. The number of esters is 1. The molecule has 0 aliphatic heterocycles. The van der Waals surface area contributed by atoms with Crippen LogP contribution >= 0.6 is 0 Å². The van der Waals surface area contributed by atoms with Crippen molar-refractivity contribution in [2.24, 2.45) is 17.8 Å². The molecule has 0 heterocycles. The molecule has 1 aliphatic carbocycles. The molecule has 0 aromatic carbocycles. The van der Waals surface area contributed by atoms with E-state index in [1.54, 1.807) is 13.8 Å². The summed E-state index contributed by atoms with van der Waals surface area (Å²) in [5.74, 6) is -1.83. The number of ketones is 2. The Labute approximate surface area is 95.3 Å². The van der Waals surface area contributed by atoms with Gasteiger partial charge in [0.15, 0.2) is 5.78 Å². The predicted octanol–water partition coefficient (Wildman–Crippen LogP) is 1.37. The average Bonchev–Trinajstić information content (AvgIpc) is 3.06. The lowest BCUT2D eigenvalue weighted by Gasteiger charge is -2.13. The van der Waals surface area contributed by atoms with Crippen LogP contribution in [0.1, 0.15) is 33.1 Å². The molecule has 0 aromatic rings. The number of carbonyl (C=O) groups excluding carboxylic acids is 3. The first-order chi connectivity index (χ1) is 7.47. The number of hydrogen-bond acceptors (Lipinski definition) is 4. The molecule has 1 rings (SSSR count). The summed E-state index contributed by atoms with van der Waals surface area (Å²) in [6.45, 7) is 3.52. The monoisotopic (exact) mass is 226 g/mol. The maximum absolute atomic E-state index is 11.8. The van der Waals surface area contributed by atoms with E-state index in [4.69, 9.17) is 0 Å². The van der Waals surface area contributed by atoms with Crippen molar-refractivity contribution >= 4 is 17.5 Å². The van der Waals surface area contributed by atoms with Crippen LogP contribution in [0.25, 0.3) is 0 Å². The number of hydrogen-bond donors (Lipinski definition) is 0. The van der Waals surface area contributed by atoms with Gasteiger partial charge in [0.1, 0.15) is 11.7 Å². The number of ether oxygens (including phenoxy) is 1. The van der Waals surface area contributed by atoms with E-state index < -0.39 is 11.9 Å². The van der Waals surface area contributed by atoms with E-state index in [0.29, 0.717) is 0 Å². The second kappa shape index (κ2) is 5.23. The Morgan fingerprint density at radius 2 is 1.81 bits per heavy atom. The van der Waals surface area contributed by atoms with Gasteiger partial charge in [-0.2, -0.15) is 0 Å². The molecular formula is C12H18O4. The van der Waals surface area contributed by atoms with Crippen LogP contribution in [0.2, 0.25) is 0 Å². The summed E-state index contributed by atoms with van der Waals surface area (Å²) < 4.78 is 4.58. The first kappa shape index (κ1) is 12.9. The third-order valence-electron chi connectivity index (χ3n) is 2.86. The maximum atomic E-state index is 11.8. The van der Waals surface area contributed by atoms with Crippen molar-refractivity contribution in [3.8, 4) is 0 Å². The average molecular weight is 226 g/mol. The van der Waals surface area contributed by atoms with Gasteiger partial charge in [0.05, 0.1) is 7.11 Å². The van der Waals surface area contributed by atoms with Gasteiger partial charge in [-0.1, -0.05) is 13.8 Å². The molecule has 0 bridgehead atoms. The van der Waals surface area contributed by atoms with Gasteiger partial charge in [0.25, 0.3) is 0 Å². The SMILES string of the molecule is COC(=O)C(CC(=O)C(C)C)C(=O)C1CC1. The Morgan fingerprint density at radius 1 is 1.25 bits per heavy atom. The van der Waals surface area contributed by atoms with Crippen molar-refractivity contribution in [1.82, 2.24) is 0 Å². The zero-order valence-electron chi connectivity index (χ0n) is 9.99. The first-order valence-electron chi connectivity index (χ1n) is 5.61. The highest BCUT2D eigenvalue weighted by atomic mass is 16.5. The summed E-state index contributed by atoms with van der Waals surface area (Å²) in [5.41, 5.74) is 0. The van der Waals surface area contributed by atoms with Gasteiger partial charge in [0, 0.05) is 18.3 Å². The van der Waals surface area contributed by atoms with E-state index in [9.17, 15) is 14.4 Å². The van der Waals surface area contributed by atoms with Gasteiger partial charge in [-0.05, 0) is 12.8 Å². The van der Waals surface area contributed by atoms with Crippen LogP contribution in [-0.4, -0.2) is 24.6 Å². The van der Waals surface area contributed by atoms with Crippen LogP contribution in [0, 0.1) is 17.8 Å². The molecule has 1 aliphatic rings. The third-order valence-corrected chi connectivity index (χ3v) is 2.86. The van der Waals surface area contributed by atoms with Gasteiger partial charge in [-0.25, -0.2) is 0 Å². The van der Waals surface area contributed by atoms with Crippen molar-refractivity contribution < 1.29 is 19.1 Å². The van der Waals surface area contributed by atoms with Gasteiger partial charge >= 0.3 is 5.97 Å². The second-order valence-corrected chi connectivity index (χ2v) is 4.58. The van der Waals surface area contributed by atoms with Crippen LogP contribution in [-0.2, 0) is 19.1 Å². The molecule has 0 N–H and O–H groups in total. The third kappa shape index (κ3) is 3.15. The Bertz CT molecular complexity index is 302. The van der Waals surface area contributed by atoms with Crippen molar-refractivity contribution in [3.05, 3.63) is 0 Å². The standard InChI is InChI=1S/C12H18O4/c1-7(2)10(13)6-9(12(15)16-3)11(14)8-4-5-8/h7-9H,4-6H2,1-3H3. The van der Waals surface area contributed by atoms with Gasteiger partial charge in [-0.3, -0.25) is 14.4 Å². The van der Waals surface area contributed by atoms with Crippen molar-refractivity contribution in [2.45, 2.75) is 33.1 Å². The summed E-state index contributed by atoms with van der Waals surface area (Å²) >= 11 is 0. The van der Waals surface area contributed by atoms with E-state index in [2.05, 4.69) is 4.74 Å². The summed E-state index contributed by atoms with van der Waals surface area (Å²) in [4.78, 5) is 34.8. The van der Waals surface area contributed by atoms with Crippen LogP contribution < -0.4 is 0 Å². The highest BCUT2D eigenvalue weighted by molar-refractivity contribution is 6.04. The predicted molar refractivity (Wildman–Crippen MR) is 57.7 cm³/mol. The summed E-state index contributed by atoms with van der Waals surface area (Å²) in [7, 11) is 1.25. The quantitative estimate of drug-likeness (QED) is 0.507. The molecule has 4 nitrogen and oxygen atoms in total. The molecule has 0 radical (unpaired) electrons. The molecule has 90 valence electrons. The van der Waals surface area contributed by atoms with Crippen molar-refractivity contribution in [2.75, 3.05) is 7.11 Å². The fraction of sp³-hybridized carbons (Fsp3) is 0.750. The largest absolute Gasteiger partial charge is 0.468 e. The molecule has 0 saturated heterocycles. The van der Waals surface area contributed by atoms with Crippen LogP contribution in [0.15, 0.2) is 0 Å². The molecule has 1 unspecified atom stereocenters. The van der Waals surface area contributed by atoms with E-state index in [-0.39, 0.29) is 29.8 Å². The number of methoxy groups -OCH3 is 1. The number of carbonyl (C=O) groups is 3. The molecule has 16 heavy (non-hydrogen) atoms. The van der Waals surface area contributed by atoms with E-state index >= 15 is 0 Å². The molecular weight excluding hydrogens is 208 g/mol. The fourth-order valence-electron chi connectivity index (χ4n) is 1.53. The van der Waals surface area contributed by atoms with E-state index in [0.717, 1.165) is 12.8 Å². The van der Waals surface area contributed by atoms with Crippen molar-refractivity contribution in [1.29, 1.82) is 0 Å². The van der Waals surface area contributed by atoms with Crippen molar-refractivity contribution in [3.63, 3.8) is 0 Å². The molecule has 0 amide bonds. The van der Waals surface area contributed by atoms with E-state index in [1.807, 2.05) is 0 Å². The molecule has 4 heteroatoms. The smallest absolute Gasteiger partial charge is 0.316 e. The minimum absolute atomic E-state index is 0.0142. The molecule has 1 saturated carbocycles.